The maximum absolute atomic E-state index is 13.6. The second-order valence-electron chi connectivity index (χ2n) is 7.66. The Bertz CT molecular complexity index is 1340. The molecule has 0 saturated heterocycles. The number of fused-ring (bicyclic) bond motifs is 2. The third-order valence-corrected chi connectivity index (χ3v) is 5.90. The molecule has 2 heterocycles. The van der Waals surface area contributed by atoms with Gasteiger partial charge in [-0.05, 0) is 47.5 Å². The molecule has 1 N–H and O–H groups in total. The van der Waals surface area contributed by atoms with Crippen molar-refractivity contribution in [2.24, 2.45) is 7.05 Å². The molecule has 1 amide bonds. The molecular formula is C25H19FN2O3. The first-order valence-corrected chi connectivity index (χ1v) is 9.92. The van der Waals surface area contributed by atoms with Crippen molar-refractivity contribution in [3.63, 3.8) is 0 Å². The Morgan fingerprint density at radius 3 is 2.42 bits per heavy atom. The van der Waals surface area contributed by atoms with E-state index in [0.29, 0.717) is 5.56 Å². The zero-order valence-corrected chi connectivity index (χ0v) is 16.7. The number of carboxylic acid groups (broad SMARTS) is 1. The van der Waals surface area contributed by atoms with Gasteiger partial charge in [-0.1, -0.05) is 36.4 Å². The minimum Gasteiger partial charge on any atom is -0.480 e. The van der Waals surface area contributed by atoms with Gasteiger partial charge >= 0.3 is 5.97 Å². The van der Waals surface area contributed by atoms with Crippen LogP contribution in [0.2, 0.25) is 0 Å². The minimum absolute atomic E-state index is 0.305. The third-order valence-electron chi connectivity index (χ3n) is 5.90. The highest BCUT2D eigenvalue weighted by molar-refractivity contribution is 6.03. The number of carbonyl (C=O) groups is 2. The fourth-order valence-electron chi connectivity index (χ4n) is 4.65. The number of benzene rings is 3. The van der Waals surface area contributed by atoms with Crippen LogP contribution in [0.3, 0.4) is 0 Å². The molecule has 1 aromatic heterocycles. The van der Waals surface area contributed by atoms with Gasteiger partial charge in [-0.15, -0.1) is 0 Å². The van der Waals surface area contributed by atoms with Crippen molar-refractivity contribution in [1.82, 2.24) is 9.47 Å². The second kappa shape index (κ2) is 7.09. The average Bonchev–Trinajstić information content (AvgIpc) is 3.20. The smallest absolute Gasteiger partial charge is 0.323 e. The van der Waals surface area contributed by atoms with Gasteiger partial charge in [0.2, 0.25) is 0 Å². The molecule has 1 aliphatic heterocycles. The number of halogens is 1. The molecule has 31 heavy (non-hydrogen) atoms. The zero-order valence-electron chi connectivity index (χ0n) is 16.7. The Morgan fingerprint density at radius 1 is 1.00 bits per heavy atom. The summed E-state index contributed by atoms with van der Waals surface area (Å²) in [5.41, 5.74) is 4.68. The van der Waals surface area contributed by atoms with E-state index in [4.69, 9.17) is 0 Å². The summed E-state index contributed by atoms with van der Waals surface area (Å²) in [7, 11) is 1.93. The van der Waals surface area contributed by atoms with E-state index >= 15 is 0 Å². The van der Waals surface area contributed by atoms with E-state index in [0.717, 1.165) is 33.3 Å². The summed E-state index contributed by atoms with van der Waals surface area (Å²) in [6.07, 6.45) is 0. The molecule has 0 aliphatic carbocycles. The standard InChI is InChI=1S/C25H19FN2O3/c1-27-20-9-5-4-8-19(20)22(23(27)15-10-12-16(26)13-11-15)24-17-6-2-3-7-18(17)25(31)28(24)14-21(29)30/h2-13,24H,14H2,1H3,(H,29,30)/t24-/m1/s1. The van der Waals surface area contributed by atoms with Crippen LogP contribution < -0.4 is 0 Å². The summed E-state index contributed by atoms with van der Waals surface area (Å²) in [6, 6.07) is 20.7. The zero-order chi connectivity index (χ0) is 21.7. The molecule has 0 radical (unpaired) electrons. The lowest BCUT2D eigenvalue weighted by Crippen LogP contribution is -2.34. The Hall–Kier alpha value is -3.93. The van der Waals surface area contributed by atoms with Crippen LogP contribution in [0.15, 0.2) is 72.8 Å². The molecule has 0 unspecified atom stereocenters. The molecule has 4 aromatic rings. The highest BCUT2D eigenvalue weighted by Crippen LogP contribution is 2.46. The Labute approximate surface area is 178 Å². The first-order valence-electron chi connectivity index (χ1n) is 9.92. The molecule has 5 nitrogen and oxygen atoms in total. The summed E-state index contributed by atoms with van der Waals surface area (Å²) in [5.74, 6) is -1.71. The Balaban J connectivity index is 1.85. The average molecular weight is 414 g/mol. The van der Waals surface area contributed by atoms with Gasteiger partial charge in [0.1, 0.15) is 12.4 Å². The van der Waals surface area contributed by atoms with Gasteiger partial charge in [0.05, 0.1) is 11.7 Å². The Kier molecular flexibility index (Phi) is 4.36. The first kappa shape index (κ1) is 19.1. The quantitative estimate of drug-likeness (QED) is 0.530. The first-order chi connectivity index (χ1) is 15.0. The van der Waals surface area contributed by atoms with Crippen molar-refractivity contribution in [2.45, 2.75) is 6.04 Å². The summed E-state index contributed by atoms with van der Waals surface area (Å²) in [6.45, 7) is -0.412. The van der Waals surface area contributed by atoms with Gasteiger partial charge in [-0.25, -0.2) is 4.39 Å². The number of aryl methyl sites for hydroxylation is 1. The number of aliphatic carboxylic acids is 1. The van der Waals surface area contributed by atoms with E-state index in [-0.39, 0.29) is 11.7 Å². The van der Waals surface area contributed by atoms with Crippen LogP contribution in [0.1, 0.15) is 27.5 Å². The van der Waals surface area contributed by atoms with Crippen molar-refractivity contribution in [3.8, 4) is 11.3 Å². The number of nitrogens with zero attached hydrogens (tertiary/aromatic N) is 2. The second-order valence-corrected chi connectivity index (χ2v) is 7.66. The van der Waals surface area contributed by atoms with E-state index in [2.05, 4.69) is 0 Å². The van der Waals surface area contributed by atoms with Gasteiger partial charge in [-0.2, -0.15) is 0 Å². The van der Waals surface area contributed by atoms with Crippen molar-refractivity contribution in [2.75, 3.05) is 6.54 Å². The summed E-state index contributed by atoms with van der Waals surface area (Å²) < 4.78 is 15.7. The topological polar surface area (TPSA) is 62.5 Å². The number of para-hydroxylation sites is 1. The Morgan fingerprint density at radius 2 is 1.68 bits per heavy atom. The molecule has 1 aliphatic rings. The van der Waals surface area contributed by atoms with Crippen molar-refractivity contribution in [1.29, 1.82) is 0 Å². The molecule has 0 fully saturated rings. The highest BCUT2D eigenvalue weighted by atomic mass is 19.1. The minimum atomic E-state index is -1.07. The molecular weight excluding hydrogens is 395 g/mol. The highest BCUT2D eigenvalue weighted by Gasteiger charge is 2.41. The predicted octanol–water partition coefficient (Wildman–Crippen LogP) is 4.61. The van der Waals surface area contributed by atoms with Crippen molar-refractivity contribution < 1.29 is 19.1 Å². The maximum atomic E-state index is 13.6. The third kappa shape index (κ3) is 2.91. The number of carboxylic acids is 1. The van der Waals surface area contributed by atoms with Crippen LogP contribution in [0.5, 0.6) is 0 Å². The van der Waals surface area contributed by atoms with E-state index in [1.807, 2.05) is 48.0 Å². The number of carbonyl (C=O) groups excluding carboxylic acids is 1. The molecule has 0 bridgehead atoms. The van der Waals surface area contributed by atoms with E-state index < -0.39 is 18.6 Å². The van der Waals surface area contributed by atoms with Gasteiger partial charge in [0.25, 0.3) is 5.91 Å². The van der Waals surface area contributed by atoms with Crippen LogP contribution in [-0.4, -0.2) is 33.0 Å². The van der Waals surface area contributed by atoms with Crippen LogP contribution >= 0.6 is 0 Å². The molecule has 1 atom stereocenters. The summed E-state index contributed by atoms with van der Waals surface area (Å²) in [5, 5.41) is 10.5. The lowest BCUT2D eigenvalue weighted by Gasteiger charge is -2.25. The van der Waals surface area contributed by atoms with Crippen LogP contribution in [0.4, 0.5) is 4.39 Å². The lowest BCUT2D eigenvalue weighted by atomic mass is 9.93. The number of hydrogen-bond acceptors (Lipinski definition) is 2. The number of aromatic nitrogens is 1. The SMILES string of the molecule is Cn1c(-c2ccc(F)cc2)c([C@H]2c3ccccc3C(=O)N2CC(=O)O)c2ccccc21. The van der Waals surface area contributed by atoms with Crippen molar-refractivity contribution in [3.05, 3.63) is 95.3 Å². The summed E-state index contributed by atoms with van der Waals surface area (Å²) >= 11 is 0. The molecule has 5 rings (SSSR count). The van der Waals surface area contributed by atoms with Crippen molar-refractivity contribution >= 4 is 22.8 Å². The number of hydrogen-bond donors (Lipinski definition) is 1. The number of amides is 1. The fraction of sp³-hybridized carbons (Fsp3) is 0.120. The normalized spacial score (nSPS) is 15.5. The van der Waals surface area contributed by atoms with Gasteiger partial charge in [0, 0.05) is 29.1 Å². The maximum Gasteiger partial charge on any atom is 0.323 e. The number of rotatable bonds is 4. The predicted molar refractivity (Wildman–Crippen MR) is 115 cm³/mol. The monoisotopic (exact) mass is 414 g/mol. The molecule has 154 valence electrons. The molecule has 0 saturated carbocycles. The fourth-order valence-corrected chi connectivity index (χ4v) is 4.65. The largest absolute Gasteiger partial charge is 0.480 e. The molecule has 3 aromatic carbocycles. The van der Waals surface area contributed by atoms with Gasteiger partial charge < -0.3 is 14.6 Å². The summed E-state index contributed by atoms with van der Waals surface area (Å²) in [4.78, 5) is 26.2. The van der Waals surface area contributed by atoms with Crippen LogP contribution in [0, 0.1) is 5.82 Å². The van der Waals surface area contributed by atoms with Crippen LogP contribution in [-0.2, 0) is 11.8 Å². The van der Waals surface area contributed by atoms with Gasteiger partial charge in [0.15, 0.2) is 0 Å². The molecule has 0 spiro atoms. The van der Waals surface area contributed by atoms with Crippen LogP contribution in [0.25, 0.3) is 22.2 Å². The van der Waals surface area contributed by atoms with E-state index in [1.165, 1.54) is 17.0 Å². The van der Waals surface area contributed by atoms with E-state index in [9.17, 15) is 19.1 Å². The molecule has 6 heteroatoms. The van der Waals surface area contributed by atoms with E-state index in [1.54, 1.807) is 24.3 Å². The van der Waals surface area contributed by atoms with Gasteiger partial charge in [-0.3, -0.25) is 9.59 Å². The lowest BCUT2D eigenvalue weighted by molar-refractivity contribution is -0.138.